The van der Waals surface area contributed by atoms with Crippen molar-refractivity contribution in [3.8, 4) is 11.3 Å². The number of anilines is 2. The molecule has 1 aromatic carbocycles. The van der Waals surface area contributed by atoms with E-state index < -0.39 is 5.91 Å². The molecular formula is C22H18ClN7O2. The first-order valence-electron chi connectivity index (χ1n) is 9.48. The van der Waals surface area contributed by atoms with Gasteiger partial charge < -0.3 is 15.6 Å². The third kappa shape index (κ3) is 4.57. The number of hydrogen-bond donors (Lipinski definition) is 3. The van der Waals surface area contributed by atoms with Crippen LogP contribution in [-0.2, 0) is 11.3 Å². The summed E-state index contributed by atoms with van der Waals surface area (Å²) in [6.45, 7) is 4.00. The second kappa shape index (κ2) is 8.86. The molecule has 1 amide bonds. The van der Waals surface area contributed by atoms with Crippen LogP contribution in [0.2, 0.25) is 5.02 Å². The van der Waals surface area contributed by atoms with E-state index in [9.17, 15) is 9.59 Å². The van der Waals surface area contributed by atoms with Crippen molar-refractivity contribution in [2.24, 2.45) is 5.73 Å². The zero-order valence-corrected chi connectivity index (χ0v) is 17.5. The Morgan fingerprint density at radius 1 is 1.19 bits per heavy atom. The third-order valence-corrected chi connectivity index (χ3v) is 4.98. The van der Waals surface area contributed by atoms with Crippen LogP contribution in [0.4, 0.5) is 11.6 Å². The highest BCUT2D eigenvalue weighted by Crippen LogP contribution is 2.26. The molecule has 4 N–H and O–H groups in total. The van der Waals surface area contributed by atoms with Crippen LogP contribution in [0, 0.1) is 0 Å². The average molecular weight is 448 g/mol. The summed E-state index contributed by atoms with van der Waals surface area (Å²) >= 11 is 6.20. The Hall–Kier alpha value is -4.24. The van der Waals surface area contributed by atoms with Gasteiger partial charge in [-0.3, -0.25) is 14.7 Å². The van der Waals surface area contributed by atoms with Gasteiger partial charge in [0.1, 0.15) is 0 Å². The summed E-state index contributed by atoms with van der Waals surface area (Å²) < 4.78 is 1.55. The van der Waals surface area contributed by atoms with Gasteiger partial charge in [-0.25, -0.2) is 9.97 Å². The number of H-pyrrole nitrogens is 1. The van der Waals surface area contributed by atoms with Gasteiger partial charge in [0, 0.05) is 29.6 Å². The van der Waals surface area contributed by atoms with Gasteiger partial charge in [0.25, 0.3) is 5.56 Å². The lowest BCUT2D eigenvalue weighted by Gasteiger charge is -2.11. The molecule has 10 heteroatoms. The van der Waals surface area contributed by atoms with Crippen LogP contribution in [0.15, 0.2) is 72.6 Å². The topological polar surface area (TPSA) is 132 Å². The van der Waals surface area contributed by atoms with Gasteiger partial charge in [-0.2, -0.15) is 5.10 Å². The minimum absolute atomic E-state index is 0.169. The highest BCUT2D eigenvalue weighted by Gasteiger charge is 2.10. The third-order valence-electron chi connectivity index (χ3n) is 4.71. The summed E-state index contributed by atoms with van der Waals surface area (Å²) in [4.78, 5) is 32.3. The Labute approximate surface area is 187 Å². The fourth-order valence-corrected chi connectivity index (χ4v) is 3.22. The van der Waals surface area contributed by atoms with Crippen LogP contribution >= 0.6 is 11.6 Å². The Morgan fingerprint density at radius 2 is 1.97 bits per heavy atom. The second-order valence-corrected chi connectivity index (χ2v) is 7.33. The van der Waals surface area contributed by atoms with E-state index >= 15 is 0 Å². The first kappa shape index (κ1) is 21.0. The predicted molar refractivity (Wildman–Crippen MR) is 122 cm³/mol. The van der Waals surface area contributed by atoms with Crippen molar-refractivity contribution >= 4 is 34.7 Å². The number of hydrogen-bond acceptors (Lipinski definition) is 6. The molecule has 4 rings (SSSR count). The van der Waals surface area contributed by atoms with Crippen molar-refractivity contribution in [3.05, 3.63) is 94.3 Å². The maximum Gasteiger partial charge on any atom is 0.250 e. The van der Waals surface area contributed by atoms with Crippen LogP contribution in [0.1, 0.15) is 11.1 Å². The molecule has 0 atom stereocenters. The summed E-state index contributed by atoms with van der Waals surface area (Å²) in [5, 5.41) is 10.1. The summed E-state index contributed by atoms with van der Waals surface area (Å²) in [5.41, 5.74) is 8.72. The van der Waals surface area contributed by atoms with Crippen molar-refractivity contribution < 1.29 is 4.79 Å². The molecule has 0 saturated heterocycles. The van der Waals surface area contributed by atoms with Crippen LogP contribution in [0.25, 0.3) is 16.8 Å². The molecule has 0 aliphatic rings. The number of nitrogens with one attached hydrogen (secondary N) is 2. The van der Waals surface area contributed by atoms with E-state index in [4.69, 9.17) is 17.3 Å². The molecule has 4 aromatic rings. The zero-order chi connectivity index (χ0) is 22.7. The number of benzene rings is 1. The monoisotopic (exact) mass is 447 g/mol. The minimum atomic E-state index is -0.576. The normalized spacial score (nSPS) is 10.7. The minimum Gasteiger partial charge on any atom is -0.366 e. The molecule has 0 saturated carbocycles. The average Bonchev–Trinajstić information content (AvgIpc) is 3.32. The van der Waals surface area contributed by atoms with Gasteiger partial charge in [0.05, 0.1) is 35.3 Å². The van der Waals surface area contributed by atoms with Gasteiger partial charge in [-0.1, -0.05) is 42.4 Å². The molecule has 0 fully saturated rings. The highest BCUT2D eigenvalue weighted by atomic mass is 35.5. The first-order chi connectivity index (χ1) is 15.4. The zero-order valence-electron chi connectivity index (χ0n) is 16.7. The number of pyridine rings is 1. The van der Waals surface area contributed by atoms with Crippen LogP contribution in [0.3, 0.4) is 0 Å². The fourth-order valence-electron chi connectivity index (χ4n) is 3.02. The lowest BCUT2D eigenvalue weighted by molar-refractivity contribution is -0.112. The number of primary amides is 1. The van der Waals surface area contributed by atoms with Crippen LogP contribution < -0.4 is 16.6 Å². The maximum absolute atomic E-state index is 12.3. The number of amides is 1. The second-order valence-electron chi connectivity index (χ2n) is 6.93. The maximum atomic E-state index is 12.3. The van der Waals surface area contributed by atoms with E-state index in [-0.39, 0.29) is 11.1 Å². The molecule has 0 bridgehead atoms. The Morgan fingerprint density at radius 3 is 2.66 bits per heavy atom. The standard InChI is InChI=1S/C22H18ClN7O2/c1-13(21(24)32)15-4-2-14(3-5-15)11-30-12-17(6-7-19(30)31)28-22-25-10-18(23)20(29-22)16-8-26-27-9-16/h2-10,12H,1,11H2,(H2,24,32)(H,26,27)(H,25,28,29). The Balaban J connectivity index is 1.55. The van der Waals surface area contributed by atoms with Crippen molar-refractivity contribution in [1.29, 1.82) is 0 Å². The van der Waals surface area contributed by atoms with E-state index in [1.165, 1.54) is 12.3 Å². The SMILES string of the molecule is C=C(C(N)=O)c1ccc(Cn2cc(Nc3ncc(Cl)c(-c4cn[nH]c4)n3)ccc2=O)cc1. The van der Waals surface area contributed by atoms with E-state index in [1.807, 2.05) is 12.1 Å². The van der Waals surface area contributed by atoms with E-state index in [1.54, 1.807) is 41.4 Å². The molecule has 160 valence electrons. The van der Waals surface area contributed by atoms with Gasteiger partial charge in [-0.15, -0.1) is 0 Å². The number of aromatic amines is 1. The van der Waals surface area contributed by atoms with Crippen LogP contribution in [0.5, 0.6) is 0 Å². The first-order valence-corrected chi connectivity index (χ1v) is 9.86. The molecular weight excluding hydrogens is 430 g/mol. The predicted octanol–water partition coefficient (Wildman–Crippen LogP) is 2.97. The lowest BCUT2D eigenvalue weighted by Crippen LogP contribution is -2.19. The highest BCUT2D eigenvalue weighted by molar-refractivity contribution is 6.32. The van der Waals surface area contributed by atoms with Crippen molar-refractivity contribution in [3.63, 3.8) is 0 Å². The number of nitrogens with zero attached hydrogens (tertiary/aromatic N) is 4. The van der Waals surface area contributed by atoms with Gasteiger partial charge in [0.15, 0.2) is 0 Å². The van der Waals surface area contributed by atoms with E-state index in [0.717, 1.165) is 11.1 Å². The number of aromatic nitrogens is 5. The quantitative estimate of drug-likeness (QED) is 0.373. The molecule has 0 spiro atoms. The van der Waals surface area contributed by atoms with Gasteiger partial charge in [-0.05, 0) is 17.2 Å². The fraction of sp³-hybridized carbons (Fsp3) is 0.0455. The summed E-state index contributed by atoms with van der Waals surface area (Å²) in [7, 11) is 0. The molecule has 3 aromatic heterocycles. The number of halogens is 1. The van der Waals surface area contributed by atoms with E-state index in [2.05, 4.69) is 32.1 Å². The summed E-state index contributed by atoms with van der Waals surface area (Å²) in [6.07, 6.45) is 6.47. The van der Waals surface area contributed by atoms with Crippen molar-refractivity contribution in [1.82, 2.24) is 24.7 Å². The summed E-state index contributed by atoms with van der Waals surface area (Å²) in [6, 6.07) is 10.2. The largest absolute Gasteiger partial charge is 0.366 e. The number of nitrogens with two attached hydrogens (primary N) is 1. The van der Waals surface area contributed by atoms with Gasteiger partial charge in [0.2, 0.25) is 11.9 Å². The van der Waals surface area contributed by atoms with Crippen molar-refractivity contribution in [2.75, 3.05) is 5.32 Å². The number of carbonyl (C=O) groups is 1. The molecule has 0 unspecified atom stereocenters. The molecule has 32 heavy (non-hydrogen) atoms. The molecule has 3 heterocycles. The Bertz CT molecular complexity index is 1350. The van der Waals surface area contributed by atoms with E-state index in [0.29, 0.717) is 34.5 Å². The number of rotatable bonds is 7. The molecule has 9 nitrogen and oxygen atoms in total. The number of carbonyl (C=O) groups excluding carboxylic acids is 1. The smallest absolute Gasteiger partial charge is 0.250 e. The molecule has 0 radical (unpaired) electrons. The Kier molecular flexibility index (Phi) is 5.82. The van der Waals surface area contributed by atoms with Crippen molar-refractivity contribution in [2.45, 2.75) is 6.54 Å². The van der Waals surface area contributed by atoms with Gasteiger partial charge >= 0.3 is 0 Å². The molecule has 0 aliphatic carbocycles. The molecule has 0 aliphatic heterocycles. The summed E-state index contributed by atoms with van der Waals surface area (Å²) in [5.74, 6) is -0.252. The lowest BCUT2D eigenvalue weighted by atomic mass is 10.1. The van der Waals surface area contributed by atoms with Crippen LogP contribution in [-0.4, -0.2) is 30.6 Å².